The molecule has 10 heteroatoms. The molecular formula is C19H26N4O3S3. The standard InChI is InChI=1S/C19H26N4O3S3/c1-3-12-4-5-15-13(8-12)9-16(28-15)18-21-22-19(23(18)2)27-10-17(24)20-14-6-7-29(25,26)11-14/h9,12,14H,3-8,10-11H2,1-2H3,(H,20,24)/t12-,14+/m0/s1. The Labute approximate surface area is 179 Å². The van der Waals surface area contributed by atoms with Crippen LogP contribution in [-0.4, -0.2) is 52.4 Å². The van der Waals surface area contributed by atoms with Crippen molar-refractivity contribution in [2.45, 2.75) is 50.2 Å². The smallest absolute Gasteiger partial charge is 0.230 e. The first kappa shape index (κ1) is 20.9. The zero-order chi connectivity index (χ0) is 20.6. The summed E-state index contributed by atoms with van der Waals surface area (Å²) in [6, 6.07) is 1.99. The number of nitrogens with zero attached hydrogens (tertiary/aromatic N) is 3. The fraction of sp³-hybridized carbons (Fsp3) is 0.632. The molecule has 2 atom stereocenters. The Morgan fingerprint density at radius 2 is 2.21 bits per heavy atom. The molecule has 1 saturated heterocycles. The van der Waals surface area contributed by atoms with E-state index in [1.165, 1.54) is 35.0 Å². The van der Waals surface area contributed by atoms with Crippen LogP contribution in [0, 0.1) is 5.92 Å². The largest absolute Gasteiger partial charge is 0.352 e. The lowest BCUT2D eigenvalue weighted by molar-refractivity contribution is -0.119. The molecule has 1 amide bonds. The van der Waals surface area contributed by atoms with Gasteiger partial charge < -0.3 is 9.88 Å². The van der Waals surface area contributed by atoms with Gasteiger partial charge in [0.25, 0.3) is 0 Å². The van der Waals surface area contributed by atoms with E-state index in [1.807, 2.05) is 11.6 Å². The lowest BCUT2D eigenvalue weighted by atomic mass is 9.87. The molecule has 0 saturated carbocycles. The minimum Gasteiger partial charge on any atom is -0.352 e. The molecule has 0 radical (unpaired) electrons. The minimum atomic E-state index is -3.00. The second kappa shape index (κ2) is 8.39. The van der Waals surface area contributed by atoms with E-state index in [2.05, 4.69) is 28.5 Å². The fourth-order valence-corrected chi connectivity index (χ4v) is 7.65. The molecule has 0 unspecified atom stereocenters. The maximum Gasteiger partial charge on any atom is 0.230 e. The lowest BCUT2D eigenvalue weighted by Gasteiger charge is -2.19. The van der Waals surface area contributed by atoms with E-state index in [9.17, 15) is 13.2 Å². The highest BCUT2D eigenvalue weighted by Gasteiger charge is 2.29. The number of nitrogens with one attached hydrogen (secondary N) is 1. The number of thiophene rings is 1. The van der Waals surface area contributed by atoms with Crippen molar-refractivity contribution >= 4 is 38.8 Å². The molecule has 2 aliphatic rings. The topological polar surface area (TPSA) is 94.0 Å². The summed E-state index contributed by atoms with van der Waals surface area (Å²) >= 11 is 3.13. The van der Waals surface area contributed by atoms with Crippen molar-refractivity contribution in [3.63, 3.8) is 0 Å². The van der Waals surface area contributed by atoms with Crippen molar-refractivity contribution in [2.24, 2.45) is 13.0 Å². The van der Waals surface area contributed by atoms with E-state index >= 15 is 0 Å². The summed E-state index contributed by atoms with van der Waals surface area (Å²) in [4.78, 5) is 14.8. The number of thioether (sulfide) groups is 1. The van der Waals surface area contributed by atoms with E-state index in [0.29, 0.717) is 11.6 Å². The molecular weight excluding hydrogens is 428 g/mol. The first-order chi connectivity index (χ1) is 13.8. The number of hydrogen-bond acceptors (Lipinski definition) is 7. The number of sulfone groups is 1. The molecule has 0 bridgehead atoms. The average molecular weight is 455 g/mol. The average Bonchev–Trinajstić information content (AvgIpc) is 3.35. The van der Waals surface area contributed by atoms with Crippen LogP contribution in [0.2, 0.25) is 0 Å². The van der Waals surface area contributed by atoms with Crippen LogP contribution in [0.1, 0.15) is 36.6 Å². The first-order valence-corrected chi connectivity index (χ1v) is 13.6. The number of amides is 1. The van der Waals surface area contributed by atoms with Gasteiger partial charge in [-0.1, -0.05) is 25.1 Å². The van der Waals surface area contributed by atoms with Crippen LogP contribution in [-0.2, 0) is 34.5 Å². The lowest BCUT2D eigenvalue weighted by Crippen LogP contribution is -2.36. The van der Waals surface area contributed by atoms with Crippen LogP contribution in [0.15, 0.2) is 11.2 Å². The molecule has 158 valence electrons. The molecule has 1 N–H and O–H groups in total. The summed E-state index contributed by atoms with van der Waals surface area (Å²) in [5, 5.41) is 12.1. The van der Waals surface area contributed by atoms with Crippen LogP contribution < -0.4 is 5.32 Å². The Hall–Kier alpha value is -1.39. The van der Waals surface area contributed by atoms with Crippen molar-refractivity contribution in [2.75, 3.05) is 17.3 Å². The molecule has 7 nitrogen and oxygen atoms in total. The van der Waals surface area contributed by atoms with E-state index in [-0.39, 0.29) is 29.2 Å². The third-order valence-corrected chi connectivity index (χ3v) is 9.77. The van der Waals surface area contributed by atoms with Crippen LogP contribution in [0.3, 0.4) is 0 Å². The molecule has 1 aliphatic carbocycles. The van der Waals surface area contributed by atoms with Gasteiger partial charge in [0.15, 0.2) is 20.8 Å². The van der Waals surface area contributed by atoms with Gasteiger partial charge in [-0.15, -0.1) is 21.5 Å². The highest BCUT2D eigenvalue weighted by Crippen LogP contribution is 2.38. The van der Waals surface area contributed by atoms with Crippen molar-refractivity contribution in [3.05, 3.63) is 16.5 Å². The van der Waals surface area contributed by atoms with Gasteiger partial charge >= 0.3 is 0 Å². The number of aryl methyl sites for hydroxylation is 1. The SMILES string of the molecule is CC[C@H]1CCc2sc(-c3nnc(SCC(=O)N[C@@H]4CCS(=O)(=O)C4)n3C)cc2C1. The predicted molar refractivity (Wildman–Crippen MR) is 116 cm³/mol. The van der Waals surface area contributed by atoms with Crippen molar-refractivity contribution < 1.29 is 13.2 Å². The summed E-state index contributed by atoms with van der Waals surface area (Å²) in [6.07, 6.45) is 5.29. The summed E-state index contributed by atoms with van der Waals surface area (Å²) in [6.45, 7) is 2.26. The second-order valence-electron chi connectivity index (χ2n) is 7.90. The number of fused-ring (bicyclic) bond motifs is 1. The van der Waals surface area contributed by atoms with Gasteiger partial charge in [-0.2, -0.15) is 0 Å². The van der Waals surface area contributed by atoms with Gasteiger partial charge in [0.1, 0.15) is 0 Å². The number of carbonyl (C=O) groups is 1. The minimum absolute atomic E-state index is 0.0411. The van der Waals surface area contributed by atoms with Gasteiger partial charge in [0.05, 0.1) is 22.1 Å². The Morgan fingerprint density at radius 1 is 1.38 bits per heavy atom. The second-order valence-corrected chi connectivity index (χ2v) is 12.2. The Balaban J connectivity index is 1.38. The molecule has 2 aromatic heterocycles. The quantitative estimate of drug-likeness (QED) is 0.674. The van der Waals surface area contributed by atoms with Crippen LogP contribution in [0.5, 0.6) is 0 Å². The number of hydrogen-bond donors (Lipinski definition) is 1. The maximum atomic E-state index is 12.2. The monoisotopic (exact) mass is 454 g/mol. The van der Waals surface area contributed by atoms with Crippen molar-refractivity contribution in [1.82, 2.24) is 20.1 Å². The normalized spacial score (nSPS) is 23.1. The Morgan fingerprint density at radius 3 is 2.93 bits per heavy atom. The molecule has 4 rings (SSSR count). The zero-order valence-corrected chi connectivity index (χ0v) is 19.1. The Bertz CT molecular complexity index is 1010. The first-order valence-electron chi connectivity index (χ1n) is 9.98. The fourth-order valence-electron chi connectivity index (χ4n) is 4.02. The summed E-state index contributed by atoms with van der Waals surface area (Å²) in [5.41, 5.74) is 1.45. The van der Waals surface area contributed by atoms with Gasteiger partial charge in [-0.05, 0) is 43.2 Å². The molecule has 29 heavy (non-hydrogen) atoms. The highest BCUT2D eigenvalue weighted by molar-refractivity contribution is 7.99. The number of carbonyl (C=O) groups excluding carboxylic acids is 1. The van der Waals surface area contributed by atoms with Gasteiger partial charge in [-0.25, -0.2) is 8.42 Å². The zero-order valence-electron chi connectivity index (χ0n) is 16.7. The van der Waals surface area contributed by atoms with E-state index in [0.717, 1.165) is 29.5 Å². The molecule has 1 fully saturated rings. The number of rotatable bonds is 6. The van der Waals surface area contributed by atoms with Crippen LogP contribution >= 0.6 is 23.1 Å². The van der Waals surface area contributed by atoms with Crippen molar-refractivity contribution in [1.29, 1.82) is 0 Å². The van der Waals surface area contributed by atoms with E-state index < -0.39 is 9.84 Å². The van der Waals surface area contributed by atoms with Crippen LogP contribution in [0.4, 0.5) is 0 Å². The molecule has 0 spiro atoms. The summed E-state index contributed by atoms with van der Waals surface area (Å²) in [7, 11) is -1.07. The summed E-state index contributed by atoms with van der Waals surface area (Å²) in [5.74, 6) is 1.84. The van der Waals surface area contributed by atoms with Crippen LogP contribution in [0.25, 0.3) is 10.7 Å². The predicted octanol–water partition coefficient (Wildman–Crippen LogP) is 2.45. The van der Waals surface area contributed by atoms with Crippen molar-refractivity contribution in [3.8, 4) is 10.7 Å². The summed E-state index contributed by atoms with van der Waals surface area (Å²) < 4.78 is 25.0. The maximum absolute atomic E-state index is 12.2. The third-order valence-electron chi connectivity index (χ3n) is 5.75. The third kappa shape index (κ3) is 4.69. The van der Waals surface area contributed by atoms with Gasteiger partial charge in [0.2, 0.25) is 5.91 Å². The van der Waals surface area contributed by atoms with Gasteiger partial charge in [-0.3, -0.25) is 4.79 Å². The molecule has 1 aliphatic heterocycles. The van der Waals surface area contributed by atoms with Gasteiger partial charge in [0, 0.05) is 18.0 Å². The van der Waals surface area contributed by atoms with E-state index in [1.54, 1.807) is 11.3 Å². The molecule has 0 aromatic carbocycles. The Kier molecular flexibility index (Phi) is 6.04. The van der Waals surface area contributed by atoms with E-state index in [4.69, 9.17) is 0 Å². The molecule has 3 heterocycles. The highest BCUT2D eigenvalue weighted by atomic mass is 32.2. The number of aromatic nitrogens is 3. The molecule has 2 aromatic rings.